The van der Waals surface area contributed by atoms with Gasteiger partial charge >= 0.3 is 30.2 Å². The zero-order valence-electron chi connectivity index (χ0n) is 52.3. The molecular weight excluding hydrogens is 1000 g/mol. The number of esters is 3. The van der Waals surface area contributed by atoms with Crippen LogP contribution in [0.4, 0.5) is 9.59 Å². The molecule has 12 aliphatic rings. The first-order valence-corrected chi connectivity index (χ1v) is 31.4. The Hall–Kier alpha value is -3.13. The average Bonchev–Trinajstić information content (AvgIpc) is 3.53. The Morgan fingerprint density at radius 3 is 0.962 bits per heavy atom. The number of hydrogen-bond acceptors (Lipinski definition) is 14. The molecule has 14 heteroatoms. The predicted octanol–water partition coefficient (Wildman–Crippen LogP) is 15.6. The molecular formula is C65H108O14. The van der Waals surface area contributed by atoms with Crippen molar-refractivity contribution in [1.82, 2.24) is 0 Å². The summed E-state index contributed by atoms with van der Waals surface area (Å²) in [6, 6.07) is 0. The molecule has 0 saturated heterocycles. The molecule has 12 fully saturated rings. The summed E-state index contributed by atoms with van der Waals surface area (Å²) in [4.78, 5) is 63.4. The van der Waals surface area contributed by atoms with Gasteiger partial charge in [-0.2, -0.15) is 0 Å². The highest BCUT2D eigenvalue weighted by Gasteiger charge is 2.65. The van der Waals surface area contributed by atoms with Crippen LogP contribution in [0.15, 0.2) is 0 Å². The van der Waals surface area contributed by atoms with Gasteiger partial charge in [0, 0.05) is 25.9 Å². The summed E-state index contributed by atoms with van der Waals surface area (Å²) >= 11 is 0. The van der Waals surface area contributed by atoms with E-state index in [2.05, 4.69) is 20.8 Å². The molecule has 0 aromatic rings. The van der Waals surface area contributed by atoms with Crippen LogP contribution in [0.1, 0.15) is 271 Å². The van der Waals surface area contributed by atoms with Crippen LogP contribution in [0.3, 0.4) is 0 Å². The molecule has 0 radical (unpaired) electrons. The van der Waals surface area contributed by atoms with Crippen molar-refractivity contribution in [3.63, 3.8) is 0 Å². The van der Waals surface area contributed by atoms with Crippen molar-refractivity contribution in [2.24, 2.45) is 51.8 Å². The maximum Gasteiger partial charge on any atom is 0.509 e. The summed E-state index contributed by atoms with van der Waals surface area (Å²) in [5.41, 5.74) is -4.89. The summed E-state index contributed by atoms with van der Waals surface area (Å²) in [5.74, 6) is 2.79. The molecule has 0 aromatic heterocycles. The first-order valence-electron chi connectivity index (χ1n) is 31.4. The van der Waals surface area contributed by atoms with Gasteiger partial charge in [0.1, 0.15) is 46.0 Å². The van der Waals surface area contributed by atoms with Crippen LogP contribution in [-0.2, 0) is 57.0 Å². The zero-order valence-corrected chi connectivity index (χ0v) is 52.3. The second-order valence-corrected chi connectivity index (χ2v) is 30.6. The number of carbonyl (C=O) groups is 5. The van der Waals surface area contributed by atoms with Crippen molar-refractivity contribution in [1.29, 1.82) is 0 Å². The van der Waals surface area contributed by atoms with Crippen LogP contribution >= 0.6 is 0 Å². The van der Waals surface area contributed by atoms with Gasteiger partial charge in [0.15, 0.2) is 0 Å². The molecule has 0 heterocycles. The second kappa shape index (κ2) is 23.5. The molecule has 0 N–H and O–H groups in total. The quantitative estimate of drug-likeness (QED) is 0.0460. The first kappa shape index (κ1) is 63.5. The van der Waals surface area contributed by atoms with Crippen LogP contribution in [0.5, 0.6) is 0 Å². The molecule has 14 nitrogen and oxygen atoms in total. The normalized spacial score (nSPS) is 35.5. The van der Waals surface area contributed by atoms with Gasteiger partial charge < -0.3 is 42.6 Å². The zero-order chi connectivity index (χ0) is 58.3. The van der Waals surface area contributed by atoms with Crippen LogP contribution in [0, 0.1) is 51.8 Å². The van der Waals surface area contributed by atoms with E-state index in [1.807, 2.05) is 90.0 Å². The monoisotopic (exact) mass is 1110 g/mol. The van der Waals surface area contributed by atoms with E-state index < -0.39 is 62.2 Å². The Bertz CT molecular complexity index is 2130. The van der Waals surface area contributed by atoms with Gasteiger partial charge in [-0.15, -0.1) is 0 Å². The minimum atomic E-state index is -0.584. The molecule has 79 heavy (non-hydrogen) atoms. The number of hydrogen-bond donors (Lipinski definition) is 0. The number of carbonyl (C=O) groups excluding carboxylic acids is 5. The van der Waals surface area contributed by atoms with Crippen LogP contribution in [-0.4, -0.2) is 88.4 Å². The molecule has 12 aliphatic carbocycles. The molecule has 452 valence electrons. The third-order valence-electron chi connectivity index (χ3n) is 20.9. The minimum Gasteiger partial charge on any atom is -0.459 e. The van der Waals surface area contributed by atoms with E-state index in [-0.39, 0.29) is 29.1 Å². The molecule has 0 spiro atoms. The molecule has 12 rings (SSSR count). The minimum absolute atomic E-state index is 0.0377. The highest BCUT2D eigenvalue weighted by atomic mass is 16.8. The lowest BCUT2D eigenvalue weighted by Crippen LogP contribution is -2.62. The fourth-order valence-corrected chi connectivity index (χ4v) is 16.4. The van der Waals surface area contributed by atoms with Crippen molar-refractivity contribution in [3.8, 4) is 0 Å². The molecule has 12 saturated carbocycles. The topological polar surface area (TPSA) is 168 Å². The second-order valence-electron chi connectivity index (χ2n) is 30.6. The molecule has 0 aliphatic heterocycles. The largest absolute Gasteiger partial charge is 0.509 e. The van der Waals surface area contributed by atoms with Crippen molar-refractivity contribution in [2.75, 3.05) is 13.4 Å². The van der Waals surface area contributed by atoms with E-state index in [9.17, 15) is 24.0 Å². The fraction of sp³-hybridized carbons (Fsp3) is 0.923. The Balaban J connectivity index is 0.000000172. The van der Waals surface area contributed by atoms with Crippen molar-refractivity contribution >= 4 is 30.2 Å². The maximum atomic E-state index is 12.8. The van der Waals surface area contributed by atoms with Crippen molar-refractivity contribution in [3.05, 3.63) is 0 Å². The van der Waals surface area contributed by atoms with E-state index in [1.54, 1.807) is 0 Å². The molecule has 6 unspecified atom stereocenters. The van der Waals surface area contributed by atoms with Gasteiger partial charge in [-0.25, -0.2) is 9.59 Å². The van der Waals surface area contributed by atoms with Gasteiger partial charge in [-0.05, 0) is 240 Å². The summed E-state index contributed by atoms with van der Waals surface area (Å²) in [6.07, 6.45) is 21.6. The first-order chi connectivity index (χ1) is 36.7. The molecule has 0 aromatic carbocycles. The highest BCUT2D eigenvalue weighted by molar-refractivity contribution is 5.77. The standard InChI is InChI=1S/C23H38O5.C22H36O5.C20H34O4/c1-7-9-21(5,6)27-19(25)28-23-13-16-10-17(14-23)12-22(11-16,15-23)26-18(24)20(3,4)8-2;1-7-19(3,4)17(23)25-21-10-15-9-16(11-21)13-22(12-15,14-21)27-18(24)26-20(5,6)8-2;1-5-7-22-14-23-19-9-15-8-16(10-19)12-20(11-15,13-19)24-17(21)18(3,4)6-2/h16-17H,7-15H2,1-6H3;15-16H,7-14H2,1-6H3;15-16H,5-14H2,1-4H3. The van der Waals surface area contributed by atoms with Gasteiger partial charge in [-0.3, -0.25) is 14.4 Å². The SMILES string of the molecule is CCC(C)(C)OC(=O)OC12CC3CC(C1)CC(OC(=O)C(C)(C)CC)(C3)C2.CCCC(C)(C)OC(=O)OC12CC3CC(C1)CC(OC(=O)C(C)(C)CC)(C3)C2.CCCOCOC12CC3CC(C1)CC(OC(=O)C(C)(C)CC)(C3)C2. The van der Waals surface area contributed by atoms with Gasteiger partial charge in [0.05, 0.1) is 21.8 Å². The lowest BCUT2D eigenvalue weighted by molar-refractivity contribution is -0.257. The smallest absolute Gasteiger partial charge is 0.459 e. The van der Waals surface area contributed by atoms with E-state index in [1.165, 1.54) is 6.42 Å². The third kappa shape index (κ3) is 15.0. The predicted molar refractivity (Wildman–Crippen MR) is 302 cm³/mol. The van der Waals surface area contributed by atoms with Crippen LogP contribution in [0.2, 0.25) is 0 Å². The summed E-state index contributed by atoms with van der Waals surface area (Å²) < 4.78 is 53.5. The Morgan fingerprint density at radius 2 is 0.671 bits per heavy atom. The van der Waals surface area contributed by atoms with E-state index >= 15 is 0 Å². The van der Waals surface area contributed by atoms with Gasteiger partial charge in [0.2, 0.25) is 0 Å². The van der Waals surface area contributed by atoms with Crippen LogP contribution < -0.4 is 0 Å². The van der Waals surface area contributed by atoms with E-state index in [0.29, 0.717) is 55.1 Å². The lowest BCUT2D eigenvalue weighted by atomic mass is 9.52. The van der Waals surface area contributed by atoms with E-state index in [4.69, 9.17) is 42.6 Å². The summed E-state index contributed by atoms with van der Waals surface area (Å²) in [6.45, 7) is 32.7. The lowest BCUT2D eigenvalue weighted by Gasteiger charge is -2.60. The van der Waals surface area contributed by atoms with Crippen LogP contribution in [0.25, 0.3) is 0 Å². The van der Waals surface area contributed by atoms with Gasteiger partial charge in [0.25, 0.3) is 0 Å². The van der Waals surface area contributed by atoms with E-state index in [0.717, 1.165) is 148 Å². The van der Waals surface area contributed by atoms with Crippen molar-refractivity contribution in [2.45, 2.75) is 316 Å². The highest BCUT2D eigenvalue weighted by Crippen LogP contribution is 2.63. The third-order valence-corrected chi connectivity index (χ3v) is 20.9. The number of rotatable bonds is 21. The molecule has 12 bridgehead atoms. The fourth-order valence-electron chi connectivity index (χ4n) is 16.4. The Morgan fingerprint density at radius 1 is 0.380 bits per heavy atom. The molecule has 6 atom stereocenters. The summed E-state index contributed by atoms with van der Waals surface area (Å²) in [7, 11) is 0. The Kier molecular flexibility index (Phi) is 18.9. The van der Waals surface area contributed by atoms with Crippen molar-refractivity contribution < 1.29 is 66.6 Å². The summed E-state index contributed by atoms with van der Waals surface area (Å²) in [5, 5.41) is 0. The van der Waals surface area contributed by atoms with Gasteiger partial charge in [-0.1, -0.05) is 48.0 Å². The molecule has 0 amide bonds. The number of ether oxygens (including phenoxy) is 9. The average molecular weight is 1110 g/mol. The maximum absolute atomic E-state index is 12.8. The Labute approximate surface area is 476 Å².